The van der Waals surface area contributed by atoms with Crippen molar-refractivity contribution in [3.63, 3.8) is 0 Å². The predicted octanol–water partition coefficient (Wildman–Crippen LogP) is 2.50. The molecule has 1 aromatic rings. The van der Waals surface area contributed by atoms with Gasteiger partial charge in [0, 0.05) is 12.5 Å². The Kier molecular flexibility index (Phi) is 5.58. The molecule has 0 aliphatic carbocycles. The van der Waals surface area contributed by atoms with Crippen molar-refractivity contribution in [2.45, 2.75) is 51.7 Å². The third-order valence-corrected chi connectivity index (χ3v) is 2.40. The zero-order valence-electron chi connectivity index (χ0n) is 10.5. The molecular weight excluding hydrogens is 247 g/mol. The van der Waals surface area contributed by atoms with Crippen molar-refractivity contribution in [2.24, 2.45) is 0 Å². The van der Waals surface area contributed by atoms with Crippen LogP contribution in [-0.4, -0.2) is 28.9 Å². The summed E-state index contributed by atoms with van der Waals surface area (Å²) in [6.07, 6.45) is -3.14. The Bertz CT molecular complexity index is 352. The summed E-state index contributed by atoms with van der Waals surface area (Å²) in [5.41, 5.74) is 0. The molecule has 1 heterocycles. The van der Waals surface area contributed by atoms with Gasteiger partial charge in [-0.2, -0.15) is 18.2 Å². The minimum absolute atomic E-state index is 0.263. The van der Waals surface area contributed by atoms with Crippen molar-refractivity contribution in [2.75, 3.05) is 6.54 Å². The number of alkyl halides is 3. The average molecular weight is 265 g/mol. The van der Waals surface area contributed by atoms with E-state index in [1.165, 1.54) is 0 Å². The number of aryl methyl sites for hydroxylation is 1. The molecule has 1 N–H and O–H groups in total. The normalized spacial score (nSPS) is 13.8. The average Bonchev–Trinajstić information content (AvgIpc) is 2.68. The van der Waals surface area contributed by atoms with E-state index in [-0.39, 0.29) is 17.8 Å². The Morgan fingerprint density at radius 3 is 2.72 bits per heavy atom. The van der Waals surface area contributed by atoms with Crippen LogP contribution in [-0.2, 0) is 12.8 Å². The maximum absolute atomic E-state index is 12.1. The molecule has 1 atom stereocenters. The third kappa shape index (κ3) is 6.00. The van der Waals surface area contributed by atoms with Crippen molar-refractivity contribution in [1.82, 2.24) is 15.5 Å². The monoisotopic (exact) mass is 265 g/mol. The summed E-state index contributed by atoms with van der Waals surface area (Å²) in [6.45, 7) is 5.01. The molecule has 0 fully saturated rings. The first kappa shape index (κ1) is 14.9. The van der Waals surface area contributed by atoms with Crippen LogP contribution in [0.15, 0.2) is 4.52 Å². The Labute approximate surface area is 104 Å². The quantitative estimate of drug-likeness (QED) is 0.823. The molecule has 1 rings (SSSR count). The van der Waals surface area contributed by atoms with E-state index in [4.69, 9.17) is 4.52 Å². The first-order valence-electron chi connectivity index (χ1n) is 6.02. The lowest BCUT2D eigenvalue weighted by Crippen LogP contribution is -2.27. The van der Waals surface area contributed by atoms with Crippen LogP contribution >= 0.6 is 0 Å². The van der Waals surface area contributed by atoms with E-state index in [0.717, 1.165) is 19.4 Å². The van der Waals surface area contributed by atoms with Crippen LogP contribution in [0.4, 0.5) is 13.2 Å². The number of halogens is 3. The van der Waals surface area contributed by atoms with Crippen LogP contribution in [0.1, 0.15) is 38.4 Å². The molecule has 0 amide bonds. The van der Waals surface area contributed by atoms with Crippen LogP contribution < -0.4 is 5.32 Å². The molecule has 104 valence electrons. The number of hydrogen-bond donors (Lipinski definition) is 1. The number of hydrogen-bond acceptors (Lipinski definition) is 4. The summed E-state index contributed by atoms with van der Waals surface area (Å²) < 4.78 is 41.0. The highest BCUT2D eigenvalue weighted by atomic mass is 19.4. The smallest absolute Gasteiger partial charge is 0.339 e. The Morgan fingerprint density at radius 2 is 2.11 bits per heavy atom. The lowest BCUT2D eigenvalue weighted by Gasteiger charge is -2.10. The second-order valence-corrected chi connectivity index (χ2v) is 4.29. The molecule has 0 saturated carbocycles. The van der Waals surface area contributed by atoms with Crippen molar-refractivity contribution in [3.8, 4) is 0 Å². The summed E-state index contributed by atoms with van der Waals surface area (Å²) in [5, 5.41) is 6.59. The van der Waals surface area contributed by atoms with Crippen LogP contribution in [0.2, 0.25) is 0 Å². The Balaban J connectivity index is 2.35. The van der Waals surface area contributed by atoms with Gasteiger partial charge in [0.15, 0.2) is 5.82 Å². The van der Waals surface area contributed by atoms with E-state index >= 15 is 0 Å². The Morgan fingerprint density at radius 1 is 1.39 bits per heavy atom. The summed E-state index contributed by atoms with van der Waals surface area (Å²) in [4.78, 5) is 3.72. The molecule has 1 aromatic heterocycles. The van der Waals surface area contributed by atoms with Crippen LogP contribution in [0, 0.1) is 0 Å². The van der Waals surface area contributed by atoms with Crippen LogP contribution in [0.3, 0.4) is 0 Å². The fourth-order valence-corrected chi connectivity index (χ4v) is 1.48. The lowest BCUT2D eigenvalue weighted by atomic mass is 10.2. The van der Waals surface area contributed by atoms with Gasteiger partial charge in [-0.3, -0.25) is 0 Å². The predicted molar refractivity (Wildman–Crippen MR) is 60.1 cm³/mol. The largest absolute Gasteiger partial charge is 0.396 e. The molecule has 7 heteroatoms. The number of aromatic nitrogens is 2. The fraction of sp³-hybridized carbons (Fsp3) is 0.818. The molecular formula is C11H18F3N3O. The highest BCUT2D eigenvalue weighted by Crippen LogP contribution is 2.19. The van der Waals surface area contributed by atoms with Crippen molar-refractivity contribution in [3.05, 3.63) is 11.7 Å². The molecule has 4 nitrogen and oxygen atoms in total. The number of nitrogens with one attached hydrogen (secondary N) is 1. The number of nitrogens with zero attached hydrogens (tertiary/aromatic N) is 2. The van der Waals surface area contributed by atoms with Gasteiger partial charge in [0.2, 0.25) is 5.89 Å². The second-order valence-electron chi connectivity index (χ2n) is 4.29. The van der Waals surface area contributed by atoms with Gasteiger partial charge in [0.25, 0.3) is 0 Å². The summed E-state index contributed by atoms with van der Waals surface area (Å²) in [6, 6.07) is 0.280. The van der Waals surface area contributed by atoms with Gasteiger partial charge in [-0.05, 0) is 26.3 Å². The zero-order chi connectivity index (χ0) is 13.6. The van der Waals surface area contributed by atoms with Gasteiger partial charge < -0.3 is 9.84 Å². The Hall–Kier alpha value is -1.11. The van der Waals surface area contributed by atoms with Crippen LogP contribution in [0.5, 0.6) is 0 Å². The second kappa shape index (κ2) is 6.72. The van der Waals surface area contributed by atoms with Crippen molar-refractivity contribution >= 4 is 0 Å². The van der Waals surface area contributed by atoms with Gasteiger partial charge in [-0.1, -0.05) is 12.1 Å². The molecule has 0 spiro atoms. The summed E-state index contributed by atoms with van der Waals surface area (Å²) >= 11 is 0. The van der Waals surface area contributed by atoms with E-state index in [1.54, 1.807) is 0 Å². The number of rotatable bonds is 7. The van der Waals surface area contributed by atoms with E-state index in [9.17, 15) is 13.2 Å². The minimum atomic E-state index is -4.29. The SMILES string of the molecule is CCCNC(C)CCc1nc(CC(F)(F)F)no1. The molecule has 0 aliphatic rings. The maximum Gasteiger partial charge on any atom is 0.396 e. The molecule has 0 radical (unpaired) electrons. The standard InChI is InChI=1S/C11H18F3N3O/c1-3-6-15-8(2)4-5-10-16-9(17-18-10)7-11(12,13)14/h8,15H,3-7H2,1-2H3. The molecule has 18 heavy (non-hydrogen) atoms. The molecule has 0 bridgehead atoms. The zero-order valence-corrected chi connectivity index (χ0v) is 10.5. The third-order valence-electron chi connectivity index (χ3n) is 2.40. The van der Waals surface area contributed by atoms with E-state index in [0.29, 0.717) is 6.42 Å². The molecule has 1 unspecified atom stereocenters. The van der Waals surface area contributed by atoms with Crippen molar-refractivity contribution in [1.29, 1.82) is 0 Å². The molecule has 0 aromatic carbocycles. The first-order valence-corrected chi connectivity index (χ1v) is 6.02. The van der Waals surface area contributed by atoms with E-state index < -0.39 is 12.6 Å². The van der Waals surface area contributed by atoms with Gasteiger partial charge in [-0.25, -0.2) is 0 Å². The topological polar surface area (TPSA) is 51.0 Å². The van der Waals surface area contributed by atoms with Crippen molar-refractivity contribution < 1.29 is 17.7 Å². The summed E-state index contributed by atoms with van der Waals surface area (Å²) in [7, 11) is 0. The maximum atomic E-state index is 12.1. The first-order chi connectivity index (χ1) is 8.40. The van der Waals surface area contributed by atoms with Gasteiger partial charge in [0.05, 0.1) is 0 Å². The van der Waals surface area contributed by atoms with E-state index in [2.05, 4.69) is 22.4 Å². The van der Waals surface area contributed by atoms with Crippen LogP contribution in [0.25, 0.3) is 0 Å². The van der Waals surface area contributed by atoms with Gasteiger partial charge in [-0.15, -0.1) is 0 Å². The van der Waals surface area contributed by atoms with Gasteiger partial charge >= 0.3 is 6.18 Å². The van der Waals surface area contributed by atoms with Gasteiger partial charge in [0.1, 0.15) is 6.42 Å². The highest BCUT2D eigenvalue weighted by Gasteiger charge is 2.30. The highest BCUT2D eigenvalue weighted by molar-refractivity contribution is 4.89. The fourth-order valence-electron chi connectivity index (χ4n) is 1.48. The lowest BCUT2D eigenvalue weighted by molar-refractivity contribution is -0.128. The summed E-state index contributed by atoms with van der Waals surface area (Å²) in [5.74, 6) is -0.0360. The van der Waals surface area contributed by atoms with E-state index in [1.807, 2.05) is 6.92 Å². The minimum Gasteiger partial charge on any atom is -0.339 e. The molecule has 0 aliphatic heterocycles. The molecule has 0 saturated heterocycles.